The van der Waals surface area contributed by atoms with Gasteiger partial charge in [-0.25, -0.2) is 0 Å². The first-order valence-corrected chi connectivity index (χ1v) is 11.7. The van der Waals surface area contributed by atoms with Crippen LogP contribution in [0.4, 0.5) is 0 Å². The minimum atomic E-state index is -0.982. The third-order valence-corrected chi connectivity index (χ3v) is 7.45. The van der Waals surface area contributed by atoms with Crippen LogP contribution in [0.2, 0.25) is 0 Å². The molecule has 4 aromatic carbocycles. The van der Waals surface area contributed by atoms with Gasteiger partial charge in [0.1, 0.15) is 15.3 Å². The number of benzene rings is 4. The van der Waals surface area contributed by atoms with Crippen LogP contribution in [0.1, 0.15) is 37.4 Å². The molecule has 0 amide bonds. The molecule has 158 valence electrons. The van der Waals surface area contributed by atoms with Crippen LogP contribution in [0.3, 0.4) is 0 Å². The fourth-order valence-corrected chi connectivity index (χ4v) is 5.22. The van der Waals surface area contributed by atoms with Gasteiger partial charge in [0.25, 0.3) is 0 Å². The van der Waals surface area contributed by atoms with Crippen molar-refractivity contribution in [3.05, 3.63) is 72.3 Å². The summed E-state index contributed by atoms with van der Waals surface area (Å²) in [5, 5.41) is 17.5. The first-order chi connectivity index (χ1) is 14.7. The molecule has 0 saturated carbocycles. The molecule has 3 nitrogen and oxygen atoms in total. The summed E-state index contributed by atoms with van der Waals surface area (Å²) in [7, 11) is 0. The first kappa shape index (κ1) is 20.7. The number of alkyl halides is 1. The van der Waals surface area contributed by atoms with Gasteiger partial charge in [0, 0.05) is 21.7 Å². The third-order valence-electron chi connectivity index (χ3n) is 6.52. The van der Waals surface area contributed by atoms with Crippen molar-refractivity contribution >= 4 is 66.1 Å². The Balaban J connectivity index is 1.81. The molecule has 1 aromatic heterocycles. The molecule has 1 atom stereocenters. The van der Waals surface area contributed by atoms with Gasteiger partial charge in [-0.2, -0.15) is 0 Å². The monoisotopic (exact) mass is 524 g/mol. The lowest BCUT2D eigenvalue weighted by molar-refractivity contribution is -0.152. The number of ether oxygens (including phenoxy) is 1. The number of hydrogen-bond acceptors (Lipinski definition) is 3. The highest BCUT2D eigenvalue weighted by atomic mass is 127. The Labute approximate surface area is 195 Å². The topological polar surface area (TPSA) is 42.6 Å². The van der Waals surface area contributed by atoms with Crippen molar-refractivity contribution in [3.8, 4) is 0 Å². The van der Waals surface area contributed by atoms with E-state index in [0.717, 1.165) is 32.9 Å². The molecule has 31 heavy (non-hydrogen) atoms. The van der Waals surface area contributed by atoms with E-state index in [9.17, 15) is 5.11 Å². The molecule has 1 heterocycles. The Morgan fingerprint density at radius 2 is 1.29 bits per heavy atom. The van der Waals surface area contributed by atoms with Gasteiger partial charge >= 0.3 is 0 Å². The van der Waals surface area contributed by atoms with Gasteiger partial charge in [0.05, 0.1) is 11.2 Å². The summed E-state index contributed by atoms with van der Waals surface area (Å²) in [4.78, 5) is 0. The molecule has 5 aromatic rings. The van der Waals surface area contributed by atoms with E-state index < -0.39 is 11.2 Å². The number of furan rings is 1. The quantitative estimate of drug-likeness (QED) is 0.148. The minimum Gasteiger partial charge on any atom is -0.455 e. The largest absolute Gasteiger partial charge is 0.455 e. The number of halogens is 1. The van der Waals surface area contributed by atoms with Crippen molar-refractivity contribution in [1.29, 1.82) is 0 Å². The van der Waals surface area contributed by atoms with Crippen LogP contribution in [-0.4, -0.2) is 16.3 Å². The second-order valence-corrected chi connectivity index (χ2v) is 10.3. The second kappa shape index (κ2) is 7.19. The maximum atomic E-state index is 10.6. The second-order valence-electron chi connectivity index (χ2n) is 9.12. The highest BCUT2D eigenvalue weighted by molar-refractivity contribution is 14.1. The van der Waals surface area contributed by atoms with Gasteiger partial charge in [-0.05, 0) is 66.4 Å². The molecular formula is C27H25IO3. The van der Waals surface area contributed by atoms with Crippen LogP contribution in [0.15, 0.2) is 71.1 Å². The fourth-order valence-electron chi connectivity index (χ4n) is 4.10. The van der Waals surface area contributed by atoms with Crippen LogP contribution in [0.25, 0.3) is 43.5 Å². The summed E-state index contributed by atoms with van der Waals surface area (Å²) in [6, 6.07) is 23.1. The molecule has 0 fully saturated rings. The molecule has 0 aliphatic carbocycles. The molecular weight excluding hydrogens is 499 g/mol. The average Bonchev–Trinajstić information content (AvgIpc) is 3.13. The molecule has 0 bridgehead atoms. The van der Waals surface area contributed by atoms with E-state index in [1.165, 1.54) is 16.2 Å². The van der Waals surface area contributed by atoms with Gasteiger partial charge in [0.2, 0.25) is 0 Å². The zero-order valence-corrected chi connectivity index (χ0v) is 20.2. The van der Waals surface area contributed by atoms with Crippen LogP contribution in [0, 0.1) is 0 Å². The van der Waals surface area contributed by atoms with E-state index in [4.69, 9.17) is 9.15 Å². The molecule has 0 aliphatic heterocycles. The molecule has 4 heteroatoms. The lowest BCUT2D eigenvalue weighted by Crippen LogP contribution is -2.47. The predicted octanol–water partition coefficient (Wildman–Crippen LogP) is 7.89. The number of para-hydroxylation sites is 1. The van der Waals surface area contributed by atoms with E-state index in [2.05, 4.69) is 83.3 Å². The Hall–Kier alpha value is -2.15. The molecule has 0 saturated heterocycles. The lowest BCUT2D eigenvalue weighted by atomic mass is 9.89. The van der Waals surface area contributed by atoms with Gasteiger partial charge in [-0.3, -0.25) is 0 Å². The molecule has 0 unspecified atom stereocenters. The molecule has 0 spiro atoms. The Kier molecular flexibility index (Phi) is 4.81. The Morgan fingerprint density at radius 1 is 0.742 bits per heavy atom. The normalized spacial score (nSPS) is 14.1. The highest BCUT2D eigenvalue weighted by Gasteiger charge is 2.38. The lowest BCUT2D eigenvalue weighted by Gasteiger charge is -2.38. The summed E-state index contributed by atoms with van der Waals surface area (Å²) in [6.07, 6.45) is 0. The highest BCUT2D eigenvalue weighted by Crippen LogP contribution is 2.44. The fraction of sp³-hybridized carbons (Fsp3) is 0.259. The zero-order chi connectivity index (χ0) is 22.0. The maximum Gasteiger partial charge on any atom is 0.143 e. The van der Waals surface area contributed by atoms with Crippen LogP contribution >= 0.6 is 22.6 Å². The number of fused-ring (bicyclic) bond motifs is 8. The summed E-state index contributed by atoms with van der Waals surface area (Å²) in [5.74, 6) is 0. The summed E-state index contributed by atoms with van der Waals surface area (Å²) < 4.78 is 12.6. The Morgan fingerprint density at radius 3 is 1.94 bits per heavy atom. The summed E-state index contributed by atoms with van der Waals surface area (Å²) in [6.45, 7) is 7.38. The molecule has 0 radical (unpaired) electrons. The van der Waals surface area contributed by atoms with E-state index in [1.807, 2.05) is 19.9 Å². The van der Waals surface area contributed by atoms with E-state index in [1.54, 1.807) is 13.8 Å². The van der Waals surface area contributed by atoms with Crippen molar-refractivity contribution in [1.82, 2.24) is 0 Å². The zero-order valence-electron chi connectivity index (χ0n) is 18.1. The van der Waals surface area contributed by atoms with Gasteiger partial charge < -0.3 is 14.3 Å². The summed E-state index contributed by atoms with van der Waals surface area (Å²) in [5.41, 5.74) is 1.00. The number of rotatable bonds is 4. The smallest absolute Gasteiger partial charge is 0.143 e. The number of hydrogen-bond donors (Lipinski definition) is 1. The van der Waals surface area contributed by atoms with Crippen molar-refractivity contribution < 1.29 is 14.3 Å². The Bertz CT molecular complexity index is 1440. The molecule has 1 N–H and O–H groups in total. The predicted molar refractivity (Wildman–Crippen MR) is 137 cm³/mol. The van der Waals surface area contributed by atoms with Crippen molar-refractivity contribution in [2.24, 2.45) is 0 Å². The van der Waals surface area contributed by atoms with Gasteiger partial charge in [-0.1, -0.05) is 66.7 Å². The molecule has 5 rings (SSSR count). The van der Waals surface area contributed by atoms with E-state index in [0.29, 0.717) is 0 Å². The molecule has 0 aliphatic rings. The standard InChI is InChI=1S/C27H25IO3/c1-26(2,29)27(3,4)31-25(28)21-15-9-14-20-22-18-12-7-5-10-16(18)17-11-6-8-13-19(17)24(22)30-23(20)21/h5-15,25,29H,1-4H3/t25-/m1/s1. The van der Waals surface area contributed by atoms with Crippen LogP contribution < -0.4 is 0 Å². The van der Waals surface area contributed by atoms with Crippen molar-refractivity contribution in [2.45, 2.75) is 43.0 Å². The van der Waals surface area contributed by atoms with Crippen LogP contribution in [-0.2, 0) is 4.74 Å². The first-order valence-electron chi connectivity index (χ1n) is 10.5. The average molecular weight is 524 g/mol. The van der Waals surface area contributed by atoms with Crippen molar-refractivity contribution in [3.63, 3.8) is 0 Å². The SMILES string of the molecule is CC(C)(O)C(C)(C)O[C@@H](I)c1cccc2c1oc1c3ccccc3c3ccccc3c21. The third kappa shape index (κ3) is 3.23. The van der Waals surface area contributed by atoms with Gasteiger partial charge in [0.15, 0.2) is 0 Å². The minimum absolute atomic E-state index is 0.277. The summed E-state index contributed by atoms with van der Waals surface area (Å²) >= 11 is 2.29. The van der Waals surface area contributed by atoms with E-state index in [-0.39, 0.29) is 4.11 Å². The maximum absolute atomic E-state index is 10.6. The number of aliphatic hydroxyl groups is 1. The van der Waals surface area contributed by atoms with Crippen molar-refractivity contribution in [2.75, 3.05) is 0 Å². The van der Waals surface area contributed by atoms with Gasteiger partial charge in [-0.15, -0.1) is 0 Å². The van der Waals surface area contributed by atoms with E-state index >= 15 is 0 Å². The van der Waals surface area contributed by atoms with Crippen LogP contribution in [0.5, 0.6) is 0 Å².